The first-order valence-electron chi connectivity index (χ1n) is 6.02. The second kappa shape index (κ2) is 4.66. The van der Waals surface area contributed by atoms with E-state index in [4.69, 9.17) is 4.74 Å². The number of hydrogen-bond acceptors (Lipinski definition) is 4. The number of carbonyl (C=O) groups is 1. The van der Waals surface area contributed by atoms with Crippen LogP contribution in [0.2, 0.25) is 0 Å². The largest absolute Gasteiger partial charge is 0.368 e. The number of nitrogens with zero attached hydrogens (tertiary/aromatic N) is 1. The Labute approximate surface area is 109 Å². The van der Waals surface area contributed by atoms with E-state index in [0.29, 0.717) is 11.7 Å². The van der Waals surface area contributed by atoms with Crippen molar-refractivity contribution in [3.63, 3.8) is 0 Å². The van der Waals surface area contributed by atoms with Gasteiger partial charge in [-0.05, 0) is 31.4 Å². The lowest BCUT2D eigenvalue weighted by Gasteiger charge is -2.07. The van der Waals surface area contributed by atoms with E-state index in [2.05, 4.69) is 10.3 Å². The van der Waals surface area contributed by atoms with Gasteiger partial charge >= 0.3 is 0 Å². The number of aromatic nitrogens is 1. The number of para-hydroxylation sites is 1. The fourth-order valence-electron chi connectivity index (χ4n) is 2.11. The average Bonchev–Trinajstić information content (AvgIpc) is 2.97. The smallest absolute Gasteiger partial charge is 0.255 e. The van der Waals surface area contributed by atoms with Crippen molar-refractivity contribution in [2.24, 2.45) is 0 Å². The number of aryl methyl sites for hydroxylation is 1. The molecule has 1 saturated heterocycles. The molecule has 2 aromatic rings. The number of thiazole rings is 1. The van der Waals surface area contributed by atoms with Crippen LogP contribution in [0.3, 0.4) is 0 Å². The van der Waals surface area contributed by atoms with Gasteiger partial charge < -0.3 is 4.74 Å². The van der Waals surface area contributed by atoms with Crippen molar-refractivity contribution >= 4 is 32.6 Å². The molecular weight excluding hydrogens is 248 g/mol. The van der Waals surface area contributed by atoms with E-state index in [1.54, 1.807) is 0 Å². The third kappa shape index (κ3) is 2.11. The van der Waals surface area contributed by atoms with Crippen molar-refractivity contribution < 1.29 is 9.53 Å². The molecule has 0 saturated carbocycles. The monoisotopic (exact) mass is 262 g/mol. The van der Waals surface area contributed by atoms with Gasteiger partial charge in [-0.1, -0.05) is 23.5 Å². The summed E-state index contributed by atoms with van der Waals surface area (Å²) in [7, 11) is 0. The molecule has 1 aromatic heterocycles. The Morgan fingerprint density at radius 3 is 3.17 bits per heavy atom. The fraction of sp³-hybridized carbons (Fsp3) is 0.385. The van der Waals surface area contributed by atoms with Crippen molar-refractivity contribution in [3.05, 3.63) is 23.8 Å². The second-order valence-corrected chi connectivity index (χ2v) is 5.46. The van der Waals surface area contributed by atoms with Crippen LogP contribution in [0.4, 0.5) is 5.13 Å². The van der Waals surface area contributed by atoms with Gasteiger partial charge in [-0.3, -0.25) is 10.1 Å². The number of nitrogens with one attached hydrogen (secondary N) is 1. The topological polar surface area (TPSA) is 51.2 Å². The van der Waals surface area contributed by atoms with Crippen LogP contribution in [-0.4, -0.2) is 23.6 Å². The third-order valence-corrected chi connectivity index (χ3v) is 4.01. The lowest BCUT2D eigenvalue weighted by atomic mass is 10.2. The molecule has 1 amide bonds. The Balaban J connectivity index is 1.82. The highest BCUT2D eigenvalue weighted by atomic mass is 32.1. The van der Waals surface area contributed by atoms with Crippen LogP contribution in [-0.2, 0) is 9.53 Å². The quantitative estimate of drug-likeness (QED) is 0.905. The third-order valence-electron chi connectivity index (χ3n) is 3.07. The molecule has 2 heterocycles. The molecule has 0 radical (unpaired) electrons. The molecule has 1 aromatic carbocycles. The Kier molecular flexibility index (Phi) is 3.01. The zero-order valence-corrected chi connectivity index (χ0v) is 10.9. The van der Waals surface area contributed by atoms with Crippen molar-refractivity contribution in [2.45, 2.75) is 25.9 Å². The summed E-state index contributed by atoms with van der Waals surface area (Å²) in [5, 5.41) is 3.50. The maximum Gasteiger partial charge on any atom is 0.255 e. The van der Waals surface area contributed by atoms with Crippen molar-refractivity contribution in [2.75, 3.05) is 11.9 Å². The first-order chi connectivity index (χ1) is 8.74. The normalized spacial score (nSPS) is 19.3. The average molecular weight is 262 g/mol. The molecule has 0 unspecified atom stereocenters. The van der Waals surface area contributed by atoms with Crippen LogP contribution in [0.15, 0.2) is 18.2 Å². The van der Waals surface area contributed by atoms with Crippen LogP contribution in [0.5, 0.6) is 0 Å². The van der Waals surface area contributed by atoms with E-state index in [-0.39, 0.29) is 12.0 Å². The predicted molar refractivity (Wildman–Crippen MR) is 72.0 cm³/mol. The fourth-order valence-corrected chi connectivity index (χ4v) is 3.06. The van der Waals surface area contributed by atoms with Gasteiger partial charge in [0.05, 0.1) is 10.2 Å². The maximum absolute atomic E-state index is 11.9. The van der Waals surface area contributed by atoms with Crippen LogP contribution in [0, 0.1) is 6.92 Å². The minimum Gasteiger partial charge on any atom is -0.368 e. The van der Waals surface area contributed by atoms with Crippen molar-refractivity contribution in [1.82, 2.24) is 4.98 Å². The molecule has 1 N–H and O–H groups in total. The van der Waals surface area contributed by atoms with Gasteiger partial charge in [0.15, 0.2) is 5.13 Å². The molecule has 1 aliphatic heterocycles. The number of carbonyl (C=O) groups excluding carboxylic acids is 1. The summed E-state index contributed by atoms with van der Waals surface area (Å²) in [6.07, 6.45) is 1.45. The number of amides is 1. The molecule has 4 nitrogen and oxygen atoms in total. The Hall–Kier alpha value is -1.46. The highest BCUT2D eigenvalue weighted by Crippen LogP contribution is 2.28. The number of ether oxygens (including phenoxy) is 1. The van der Waals surface area contributed by atoms with E-state index in [1.165, 1.54) is 11.3 Å². The molecule has 1 aliphatic rings. The lowest BCUT2D eigenvalue weighted by Crippen LogP contribution is -2.26. The second-order valence-electron chi connectivity index (χ2n) is 4.43. The summed E-state index contributed by atoms with van der Waals surface area (Å²) in [6.45, 7) is 2.70. The molecule has 3 rings (SSSR count). The van der Waals surface area contributed by atoms with E-state index in [9.17, 15) is 4.79 Å². The molecule has 0 bridgehead atoms. The standard InChI is InChI=1S/C13H14N2O2S/c1-8-4-2-6-10-11(8)14-13(18-10)15-12(16)9-5-3-7-17-9/h2,4,6,9H,3,5,7H2,1H3,(H,14,15,16)/t9-/m0/s1. The highest BCUT2D eigenvalue weighted by molar-refractivity contribution is 7.22. The summed E-state index contributed by atoms with van der Waals surface area (Å²) in [5.74, 6) is -0.0794. The summed E-state index contributed by atoms with van der Waals surface area (Å²) in [4.78, 5) is 16.4. The van der Waals surface area contributed by atoms with E-state index >= 15 is 0 Å². The van der Waals surface area contributed by atoms with E-state index in [0.717, 1.165) is 28.6 Å². The molecule has 5 heteroatoms. The number of anilines is 1. The number of rotatable bonds is 2. The van der Waals surface area contributed by atoms with Gasteiger partial charge in [-0.15, -0.1) is 0 Å². The zero-order valence-electron chi connectivity index (χ0n) is 10.1. The Bertz CT molecular complexity index is 588. The molecule has 1 atom stereocenters. The van der Waals surface area contributed by atoms with E-state index in [1.807, 2.05) is 25.1 Å². The molecule has 0 aliphatic carbocycles. The summed E-state index contributed by atoms with van der Waals surface area (Å²) in [6, 6.07) is 6.04. The van der Waals surface area contributed by atoms with Crippen LogP contribution in [0.25, 0.3) is 10.2 Å². The first-order valence-corrected chi connectivity index (χ1v) is 6.84. The van der Waals surface area contributed by atoms with Gasteiger partial charge in [0.2, 0.25) is 0 Å². The van der Waals surface area contributed by atoms with Gasteiger partial charge in [0.25, 0.3) is 5.91 Å². The minimum absolute atomic E-state index is 0.0794. The summed E-state index contributed by atoms with van der Waals surface area (Å²) >= 11 is 1.50. The molecule has 94 valence electrons. The predicted octanol–water partition coefficient (Wildman–Crippen LogP) is 2.72. The Morgan fingerprint density at radius 1 is 1.56 bits per heavy atom. The number of hydrogen-bond donors (Lipinski definition) is 1. The minimum atomic E-state index is -0.307. The molecule has 0 spiro atoms. The van der Waals surface area contributed by atoms with Crippen LogP contribution < -0.4 is 5.32 Å². The van der Waals surface area contributed by atoms with Crippen LogP contribution >= 0.6 is 11.3 Å². The van der Waals surface area contributed by atoms with Gasteiger partial charge in [0.1, 0.15) is 6.10 Å². The van der Waals surface area contributed by atoms with Crippen molar-refractivity contribution in [3.8, 4) is 0 Å². The number of benzene rings is 1. The zero-order chi connectivity index (χ0) is 12.5. The maximum atomic E-state index is 11.9. The first kappa shape index (κ1) is 11.6. The van der Waals surface area contributed by atoms with Gasteiger partial charge in [-0.25, -0.2) is 4.98 Å². The Morgan fingerprint density at radius 2 is 2.44 bits per heavy atom. The summed E-state index contributed by atoms with van der Waals surface area (Å²) in [5.41, 5.74) is 2.09. The van der Waals surface area contributed by atoms with E-state index < -0.39 is 0 Å². The van der Waals surface area contributed by atoms with Gasteiger partial charge in [0, 0.05) is 6.61 Å². The van der Waals surface area contributed by atoms with Crippen LogP contribution in [0.1, 0.15) is 18.4 Å². The summed E-state index contributed by atoms with van der Waals surface area (Å²) < 4.78 is 6.44. The lowest BCUT2D eigenvalue weighted by molar-refractivity contribution is -0.124. The molecule has 18 heavy (non-hydrogen) atoms. The molecule has 1 fully saturated rings. The van der Waals surface area contributed by atoms with Crippen molar-refractivity contribution in [1.29, 1.82) is 0 Å². The number of fused-ring (bicyclic) bond motifs is 1. The SMILES string of the molecule is Cc1cccc2sc(NC(=O)[C@@H]3CCCO3)nc12. The molecular formula is C13H14N2O2S. The highest BCUT2D eigenvalue weighted by Gasteiger charge is 2.24. The van der Waals surface area contributed by atoms with Gasteiger partial charge in [-0.2, -0.15) is 0 Å².